The molecule has 0 aliphatic heterocycles. The van der Waals surface area contributed by atoms with Crippen LogP contribution in [-0.4, -0.2) is 17.2 Å². The van der Waals surface area contributed by atoms with Gasteiger partial charge in [0.1, 0.15) is 5.75 Å². The van der Waals surface area contributed by atoms with Crippen LogP contribution in [-0.2, 0) is 5.75 Å². The Kier molecular flexibility index (Phi) is 5.26. The summed E-state index contributed by atoms with van der Waals surface area (Å²) in [6.07, 6.45) is 1.44. The van der Waals surface area contributed by atoms with Gasteiger partial charge in [-0.05, 0) is 38.5 Å². The van der Waals surface area contributed by atoms with E-state index >= 15 is 0 Å². The number of nitrogens with zero attached hydrogens (tertiary/aromatic N) is 1. The van der Waals surface area contributed by atoms with Crippen LogP contribution in [0.3, 0.4) is 0 Å². The van der Waals surface area contributed by atoms with Crippen LogP contribution < -0.4 is 4.74 Å². The fourth-order valence-corrected chi connectivity index (χ4v) is 3.13. The molecule has 21 heavy (non-hydrogen) atoms. The number of benzene rings is 1. The smallest absolute Gasteiger partial charge is 0.128 e. The van der Waals surface area contributed by atoms with Crippen molar-refractivity contribution in [1.82, 2.24) is 4.98 Å². The molecule has 0 saturated carbocycles. The van der Waals surface area contributed by atoms with Gasteiger partial charge in [0.2, 0.25) is 0 Å². The number of hydrogen-bond donors (Lipinski definition) is 1. The maximum absolute atomic E-state index is 9.51. The number of pyridine rings is 1. The van der Waals surface area contributed by atoms with Gasteiger partial charge in [-0.25, -0.2) is 0 Å². The van der Waals surface area contributed by atoms with Crippen molar-refractivity contribution < 1.29 is 9.84 Å². The molecule has 2 rings (SSSR count). The van der Waals surface area contributed by atoms with Crippen LogP contribution in [0.4, 0.5) is 0 Å². The minimum atomic E-state index is -0.422. The third-order valence-corrected chi connectivity index (χ3v) is 4.51. The van der Waals surface area contributed by atoms with Gasteiger partial charge in [0, 0.05) is 28.0 Å². The molecule has 1 atom stereocenters. The largest absolute Gasteiger partial charge is 0.496 e. The number of methoxy groups -OCH3 is 1. The molecule has 0 amide bonds. The van der Waals surface area contributed by atoms with E-state index in [-0.39, 0.29) is 0 Å². The molecule has 0 spiro atoms. The molecule has 0 bridgehead atoms. The molecule has 1 aromatic carbocycles. The van der Waals surface area contributed by atoms with E-state index < -0.39 is 6.10 Å². The number of rotatable bonds is 5. The molecule has 1 heterocycles. The summed E-state index contributed by atoms with van der Waals surface area (Å²) in [5.41, 5.74) is 4.14. The fourth-order valence-electron chi connectivity index (χ4n) is 2.21. The second-order valence-electron chi connectivity index (χ2n) is 5.08. The zero-order chi connectivity index (χ0) is 15.4. The average Bonchev–Trinajstić information content (AvgIpc) is 2.47. The molecule has 0 saturated heterocycles. The van der Waals surface area contributed by atoms with Gasteiger partial charge in [0.15, 0.2) is 0 Å². The first kappa shape index (κ1) is 15.9. The second-order valence-corrected chi connectivity index (χ2v) is 6.13. The Hall–Kier alpha value is -1.52. The van der Waals surface area contributed by atoms with Crippen molar-refractivity contribution in [2.45, 2.75) is 37.5 Å². The Morgan fingerprint density at radius 3 is 2.48 bits per heavy atom. The summed E-state index contributed by atoms with van der Waals surface area (Å²) >= 11 is 1.73. The number of aromatic nitrogens is 1. The molecule has 0 radical (unpaired) electrons. The molecule has 112 valence electrons. The number of aryl methyl sites for hydroxylation is 1. The van der Waals surface area contributed by atoms with Gasteiger partial charge in [-0.2, -0.15) is 0 Å². The van der Waals surface area contributed by atoms with E-state index in [4.69, 9.17) is 4.74 Å². The maximum Gasteiger partial charge on any atom is 0.128 e. The van der Waals surface area contributed by atoms with Gasteiger partial charge in [-0.3, -0.25) is 4.98 Å². The van der Waals surface area contributed by atoms with E-state index in [2.05, 4.69) is 4.98 Å². The molecular formula is C17H21NO2S. The first-order chi connectivity index (χ1) is 10.0. The number of hydrogen-bond acceptors (Lipinski definition) is 4. The normalized spacial score (nSPS) is 12.2. The highest BCUT2D eigenvalue weighted by Crippen LogP contribution is 2.29. The minimum Gasteiger partial charge on any atom is -0.496 e. The molecule has 0 aliphatic rings. The summed E-state index contributed by atoms with van der Waals surface area (Å²) in [7, 11) is 1.70. The molecule has 3 nitrogen and oxygen atoms in total. The lowest BCUT2D eigenvalue weighted by atomic mass is 10.1. The molecule has 4 heteroatoms. The molecule has 0 fully saturated rings. The predicted octanol–water partition coefficient (Wildman–Crippen LogP) is 4.05. The summed E-state index contributed by atoms with van der Waals surface area (Å²) in [5.74, 6) is 1.72. The van der Waals surface area contributed by atoms with E-state index in [0.29, 0.717) is 0 Å². The van der Waals surface area contributed by atoms with Crippen molar-refractivity contribution in [3.63, 3.8) is 0 Å². The van der Waals surface area contributed by atoms with Crippen molar-refractivity contribution in [2.75, 3.05) is 7.11 Å². The SMILES string of the molecule is COc1c(C)cnc(CSc2ccc(C(C)O)cc2)c1C. The zero-order valence-corrected chi connectivity index (χ0v) is 13.7. The Bertz CT molecular complexity index is 609. The van der Waals surface area contributed by atoms with Crippen LogP contribution in [0.5, 0.6) is 5.75 Å². The highest BCUT2D eigenvalue weighted by atomic mass is 32.2. The van der Waals surface area contributed by atoms with Crippen LogP contribution in [0.15, 0.2) is 35.4 Å². The van der Waals surface area contributed by atoms with Crippen molar-refractivity contribution in [3.8, 4) is 5.75 Å². The number of thioether (sulfide) groups is 1. The predicted molar refractivity (Wildman–Crippen MR) is 86.9 cm³/mol. The van der Waals surface area contributed by atoms with Crippen molar-refractivity contribution in [3.05, 3.63) is 52.8 Å². The third kappa shape index (κ3) is 3.77. The Morgan fingerprint density at radius 2 is 1.90 bits per heavy atom. The Labute approximate surface area is 130 Å². The number of aliphatic hydroxyl groups is 1. The average molecular weight is 303 g/mol. The first-order valence-electron chi connectivity index (χ1n) is 6.92. The monoisotopic (exact) mass is 303 g/mol. The van der Waals surface area contributed by atoms with Gasteiger partial charge in [0.05, 0.1) is 18.9 Å². The van der Waals surface area contributed by atoms with Gasteiger partial charge >= 0.3 is 0 Å². The van der Waals surface area contributed by atoms with Gasteiger partial charge in [-0.15, -0.1) is 11.8 Å². The highest BCUT2D eigenvalue weighted by Gasteiger charge is 2.10. The van der Waals surface area contributed by atoms with Gasteiger partial charge in [0.25, 0.3) is 0 Å². The first-order valence-corrected chi connectivity index (χ1v) is 7.91. The van der Waals surface area contributed by atoms with Gasteiger partial charge < -0.3 is 9.84 Å². The molecule has 0 aliphatic carbocycles. The standard InChI is InChI=1S/C17H21NO2S/c1-11-9-18-16(12(2)17(11)20-4)10-21-15-7-5-14(6-8-15)13(3)19/h5-9,13,19H,10H2,1-4H3. The highest BCUT2D eigenvalue weighted by molar-refractivity contribution is 7.98. The van der Waals surface area contributed by atoms with Gasteiger partial charge in [-0.1, -0.05) is 12.1 Å². The summed E-state index contributed by atoms with van der Waals surface area (Å²) < 4.78 is 5.43. The third-order valence-electron chi connectivity index (χ3n) is 3.49. The summed E-state index contributed by atoms with van der Waals surface area (Å²) in [5, 5.41) is 9.51. The summed E-state index contributed by atoms with van der Waals surface area (Å²) in [6.45, 7) is 5.82. The zero-order valence-electron chi connectivity index (χ0n) is 12.9. The van der Waals surface area contributed by atoms with E-state index in [9.17, 15) is 5.11 Å². The lowest BCUT2D eigenvalue weighted by molar-refractivity contribution is 0.199. The van der Waals surface area contributed by atoms with Crippen molar-refractivity contribution >= 4 is 11.8 Å². The minimum absolute atomic E-state index is 0.422. The van der Waals surface area contributed by atoms with Crippen LogP contribution in [0.1, 0.15) is 35.4 Å². The van der Waals surface area contributed by atoms with E-state index in [1.807, 2.05) is 44.3 Å². The molecule has 2 aromatic rings. The Balaban J connectivity index is 2.09. The lowest BCUT2D eigenvalue weighted by Crippen LogP contribution is -1.98. The lowest BCUT2D eigenvalue weighted by Gasteiger charge is -2.12. The topological polar surface area (TPSA) is 42.4 Å². The van der Waals surface area contributed by atoms with E-state index in [1.165, 1.54) is 4.90 Å². The number of aliphatic hydroxyl groups excluding tert-OH is 1. The van der Waals surface area contributed by atoms with Crippen molar-refractivity contribution in [1.29, 1.82) is 0 Å². The van der Waals surface area contributed by atoms with Crippen LogP contribution >= 0.6 is 11.8 Å². The fraction of sp³-hybridized carbons (Fsp3) is 0.353. The second kappa shape index (κ2) is 6.96. The number of ether oxygens (including phenoxy) is 1. The molecule has 1 N–H and O–H groups in total. The quantitative estimate of drug-likeness (QED) is 0.846. The maximum atomic E-state index is 9.51. The Morgan fingerprint density at radius 1 is 1.24 bits per heavy atom. The van der Waals surface area contributed by atoms with E-state index in [1.54, 1.807) is 25.8 Å². The van der Waals surface area contributed by atoms with Crippen LogP contribution in [0, 0.1) is 13.8 Å². The summed E-state index contributed by atoms with van der Waals surface area (Å²) in [4.78, 5) is 5.67. The molecular weight excluding hydrogens is 282 g/mol. The molecule has 1 unspecified atom stereocenters. The van der Waals surface area contributed by atoms with Crippen molar-refractivity contribution in [2.24, 2.45) is 0 Å². The van der Waals surface area contributed by atoms with E-state index in [0.717, 1.165) is 33.9 Å². The van der Waals surface area contributed by atoms with Crippen LogP contribution in [0.2, 0.25) is 0 Å². The summed E-state index contributed by atoms with van der Waals surface area (Å²) in [6, 6.07) is 7.99. The van der Waals surface area contributed by atoms with Crippen LogP contribution in [0.25, 0.3) is 0 Å². The molecule has 1 aromatic heterocycles.